The van der Waals surface area contributed by atoms with Crippen molar-refractivity contribution in [3.8, 4) is 11.8 Å². The molecule has 2 heteroatoms. The van der Waals surface area contributed by atoms with Crippen LogP contribution in [-0.4, -0.2) is 6.26 Å². The van der Waals surface area contributed by atoms with Crippen molar-refractivity contribution in [2.24, 2.45) is 0 Å². The molecular formula is C21H22FeS. The van der Waals surface area contributed by atoms with Gasteiger partial charge in [0.05, 0.1) is 0 Å². The van der Waals surface area contributed by atoms with Gasteiger partial charge >= 0.3 is 17.1 Å². The molecule has 0 nitrogen and oxygen atoms in total. The van der Waals surface area contributed by atoms with E-state index in [-0.39, 0.29) is 24.5 Å². The Labute approximate surface area is 155 Å². The zero-order valence-corrected chi connectivity index (χ0v) is 15.6. The minimum Gasteiger partial charge on any atom is -0.358 e. The van der Waals surface area contributed by atoms with Gasteiger partial charge in [0.2, 0.25) is 0 Å². The number of rotatable bonds is 2. The maximum Gasteiger partial charge on any atom is 2.00 e. The molecule has 0 radical (unpaired) electrons. The molecule has 0 saturated heterocycles. The van der Waals surface area contributed by atoms with Crippen molar-refractivity contribution in [2.75, 3.05) is 6.26 Å². The quantitative estimate of drug-likeness (QED) is 0.285. The van der Waals surface area contributed by atoms with Gasteiger partial charge < -0.3 is 13.8 Å². The Bertz CT molecular complexity index is 641. The van der Waals surface area contributed by atoms with Gasteiger partial charge in [-0.1, -0.05) is 42.4 Å². The van der Waals surface area contributed by atoms with Crippen LogP contribution in [0.5, 0.6) is 0 Å². The van der Waals surface area contributed by atoms with E-state index in [2.05, 4.69) is 73.0 Å². The molecule has 1 saturated carbocycles. The summed E-state index contributed by atoms with van der Waals surface area (Å²) in [5.41, 5.74) is 3.59. The monoisotopic (exact) mass is 362 g/mol. The van der Waals surface area contributed by atoms with Crippen LogP contribution in [-0.2, 0) is 17.1 Å². The molecular weight excluding hydrogens is 340 g/mol. The summed E-state index contributed by atoms with van der Waals surface area (Å²) < 4.78 is 0. The summed E-state index contributed by atoms with van der Waals surface area (Å²) in [4.78, 5) is 1.28. The molecule has 120 valence electrons. The summed E-state index contributed by atoms with van der Waals surface area (Å²) in [6.07, 6.45) is 8.42. The van der Waals surface area contributed by atoms with Gasteiger partial charge in [0, 0.05) is 16.0 Å². The molecule has 0 amide bonds. The van der Waals surface area contributed by atoms with E-state index in [0.717, 1.165) is 11.1 Å². The smallest absolute Gasteiger partial charge is 0.358 e. The molecule has 2 aromatic carbocycles. The largest absolute Gasteiger partial charge is 2.00 e. The van der Waals surface area contributed by atoms with Crippen LogP contribution in [0, 0.1) is 25.7 Å². The molecule has 1 aliphatic carbocycles. The van der Waals surface area contributed by atoms with E-state index in [1.807, 2.05) is 0 Å². The third-order valence-corrected chi connectivity index (χ3v) is 4.69. The van der Waals surface area contributed by atoms with Crippen LogP contribution in [0.25, 0.3) is 0 Å². The van der Waals surface area contributed by atoms with Crippen LogP contribution in [0.1, 0.15) is 41.9 Å². The Kier molecular flexibility index (Phi) is 8.56. The Morgan fingerprint density at radius 1 is 0.957 bits per heavy atom. The van der Waals surface area contributed by atoms with E-state index in [0.29, 0.717) is 5.92 Å². The molecule has 0 aromatic heterocycles. The number of hydrogen-bond donors (Lipinski definition) is 0. The molecule has 0 aliphatic heterocycles. The maximum atomic E-state index is 3.25. The van der Waals surface area contributed by atoms with E-state index in [1.165, 1.54) is 29.7 Å². The summed E-state index contributed by atoms with van der Waals surface area (Å²) >= 11 is 1.75. The molecule has 0 spiro atoms. The molecule has 23 heavy (non-hydrogen) atoms. The molecule has 2 aromatic rings. The fourth-order valence-electron chi connectivity index (χ4n) is 2.71. The third-order valence-electron chi connectivity index (χ3n) is 3.95. The van der Waals surface area contributed by atoms with Gasteiger partial charge in [-0.3, -0.25) is 0 Å². The second-order valence-electron chi connectivity index (χ2n) is 5.37. The van der Waals surface area contributed by atoms with E-state index in [9.17, 15) is 0 Å². The van der Waals surface area contributed by atoms with Crippen LogP contribution in [0.3, 0.4) is 0 Å². The zero-order valence-electron chi connectivity index (χ0n) is 13.7. The van der Waals surface area contributed by atoms with Gasteiger partial charge in [-0.25, -0.2) is 0 Å². The molecule has 0 bridgehead atoms. The summed E-state index contributed by atoms with van der Waals surface area (Å²) in [6, 6.07) is 17.2. The first-order valence-electron chi connectivity index (χ1n) is 7.44. The minimum absolute atomic E-state index is 0. The zero-order chi connectivity index (χ0) is 14.5. The maximum absolute atomic E-state index is 3.25. The average Bonchev–Trinajstić information content (AvgIpc) is 3.08. The van der Waals surface area contributed by atoms with Crippen LogP contribution < -0.4 is 0 Å². The van der Waals surface area contributed by atoms with Crippen molar-refractivity contribution in [1.29, 1.82) is 0 Å². The van der Waals surface area contributed by atoms with Gasteiger partial charge in [0.1, 0.15) is 0 Å². The van der Waals surface area contributed by atoms with Crippen LogP contribution in [0.4, 0.5) is 0 Å². The minimum atomic E-state index is 0. The van der Waals surface area contributed by atoms with Crippen molar-refractivity contribution in [3.63, 3.8) is 0 Å². The number of hydrogen-bond acceptors (Lipinski definition) is 1. The second kappa shape index (κ2) is 9.89. The molecule has 1 fully saturated rings. The standard InChI is InChI=1S/C20H19S.CH3.Fe/c1-21-20-14-10-17(11-15-20)7-6-16-8-12-19(13-9-16)18-4-2-3-5-18;;/h4,8-15,18H,2-3,5H2,1H3;1H3;/q2*-1;+2. The fraction of sp³-hybridized carbons (Fsp3) is 0.238. The predicted octanol–water partition coefficient (Wildman–Crippen LogP) is 5.73. The van der Waals surface area contributed by atoms with Crippen LogP contribution in [0.15, 0.2) is 53.4 Å². The number of thioether (sulfide) groups is 1. The summed E-state index contributed by atoms with van der Waals surface area (Å²) in [6.45, 7) is 0. The first-order valence-corrected chi connectivity index (χ1v) is 8.67. The second-order valence-corrected chi connectivity index (χ2v) is 6.25. The van der Waals surface area contributed by atoms with Crippen molar-refractivity contribution in [1.82, 2.24) is 0 Å². The molecule has 1 atom stereocenters. The van der Waals surface area contributed by atoms with Gasteiger partial charge in [-0.15, -0.1) is 17.7 Å². The third kappa shape index (κ3) is 5.47. The Balaban J connectivity index is 0.00000132. The van der Waals surface area contributed by atoms with Crippen molar-refractivity contribution >= 4 is 11.8 Å². The Morgan fingerprint density at radius 3 is 2.00 bits per heavy atom. The van der Waals surface area contributed by atoms with Gasteiger partial charge in [-0.2, -0.15) is 6.42 Å². The summed E-state index contributed by atoms with van der Waals surface area (Å²) in [5.74, 6) is 7.14. The van der Waals surface area contributed by atoms with E-state index >= 15 is 0 Å². The summed E-state index contributed by atoms with van der Waals surface area (Å²) in [5, 5.41) is 0. The Hall–Kier alpha value is -1.13. The predicted molar refractivity (Wildman–Crippen MR) is 98.0 cm³/mol. The topological polar surface area (TPSA) is 0 Å². The SMILES string of the molecule is CSc1ccc(C#Cc2ccc(C3[CH-]CCC3)cc2)cc1.[CH3-].[Fe+2]. The van der Waals surface area contributed by atoms with Crippen LogP contribution in [0.2, 0.25) is 0 Å². The van der Waals surface area contributed by atoms with Crippen molar-refractivity contribution in [3.05, 3.63) is 79.1 Å². The van der Waals surface area contributed by atoms with E-state index < -0.39 is 0 Å². The Morgan fingerprint density at radius 2 is 1.52 bits per heavy atom. The van der Waals surface area contributed by atoms with E-state index in [4.69, 9.17) is 0 Å². The van der Waals surface area contributed by atoms with Crippen molar-refractivity contribution in [2.45, 2.75) is 30.1 Å². The first kappa shape index (κ1) is 19.9. The first-order chi connectivity index (χ1) is 10.3. The summed E-state index contributed by atoms with van der Waals surface area (Å²) in [7, 11) is 0. The normalized spacial score (nSPS) is 15.8. The van der Waals surface area contributed by atoms with Crippen LogP contribution >= 0.6 is 11.8 Å². The number of benzene rings is 2. The molecule has 0 heterocycles. The molecule has 3 rings (SSSR count). The molecule has 1 unspecified atom stereocenters. The van der Waals surface area contributed by atoms with Gasteiger partial charge in [0.15, 0.2) is 0 Å². The molecule has 0 N–H and O–H groups in total. The van der Waals surface area contributed by atoms with Gasteiger partial charge in [0.25, 0.3) is 0 Å². The molecule has 1 aliphatic rings. The van der Waals surface area contributed by atoms with Crippen molar-refractivity contribution < 1.29 is 17.1 Å². The fourth-order valence-corrected chi connectivity index (χ4v) is 3.12. The average molecular weight is 362 g/mol. The van der Waals surface area contributed by atoms with E-state index in [1.54, 1.807) is 11.8 Å². The van der Waals surface area contributed by atoms with Gasteiger partial charge in [-0.05, 0) is 42.7 Å².